The van der Waals surface area contributed by atoms with Gasteiger partial charge >= 0.3 is 0 Å². The van der Waals surface area contributed by atoms with Crippen LogP contribution in [-0.2, 0) is 10.3 Å². The number of ether oxygens (including phenoxy) is 2. The van der Waals surface area contributed by atoms with Gasteiger partial charge in [-0.1, -0.05) is 13.0 Å². The molecule has 2 nitrogen and oxygen atoms in total. The average molecular weight is 342 g/mol. The first kappa shape index (κ1) is 15.3. The van der Waals surface area contributed by atoms with Crippen molar-refractivity contribution in [2.24, 2.45) is 10.8 Å². The maximum absolute atomic E-state index is 14.3. The summed E-state index contributed by atoms with van der Waals surface area (Å²) in [5.74, 6) is 0.0170. The minimum absolute atomic E-state index is 0.179. The van der Waals surface area contributed by atoms with Crippen molar-refractivity contribution in [3.8, 4) is 11.5 Å². The van der Waals surface area contributed by atoms with Gasteiger partial charge in [0.05, 0.1) is 12.2 Å². The number of hydrogen-bond donors (Lipinski definition) is 0. The molecule has 2 saturated carbocycles. The molecule has 4 heteroatoms. The molecular weight excluding hydrogens is 322 g/mol. The molecule has 3 atom stereocenters. The van der Waals surface area contributed by atoms with Gasteiger partial charge < -0.3 is 9.47 Å². The van der Waals surface area contributed by atoms with E-state index in [4.69, 9.17) is 9.47 Å². The monoisotopic (exact) mass is 342 g/mol. The second-order valence-electron chi connectivity index (χ2n) is 7.74. The third-order valence-corrected chi connectivity index (χ3v) is 6.85. The van der Waals surface area contributed by atoms with Crippen LogP contribution in [0.2, 0.25) is 0 Å². The molecule has 1 saturated heterocycles. The summed E-state index contributed by atoms with van der Waals surface area (Å²) in [6.45, 7) is 2.98. The second-order valence-corrected chi connectivity index (χ2v) is 7.74. The normalized spacial score (nSPS) is 34.8. The molecule has 3 unspecified atom stereocenters. The quantitative estimate of drug-likeness (QED) is 0.724. The van der Waals surface area contributed by atoms with E-state index in [1.165, 1.54) is 24.6 Å². The molecular formula is C21H20F2O2. The molecule has 2 aromatic carbocycles. The van der Waals surface area contributed by atoms with Crippen molar-refractivity contribution in [1.29, 1.82) is 0 Å². The molecule has 0 amide bonds. The Hall–Kier alpha value is -1.94. The molecule has 2 aromatic rings. The van der Waals surface area contributed by atoms with Crippen molar-refractivity contribution in [2.75, 3.05) is 6.61 Å². The molecule has 2 aliphatic carbocycles. The zero-order valence-corrected chi connectivity index (χ0v) is 14.1. The Kier molecular flexibility index (Phi) is 2.95. The third-order valence-electron chi connectivity index (χ3n) is 6.85. The summed E-state index contributed by atoms with van der Waals surface area (Å²) >= 11 is 0. The number of halogens is 2. The average Bonchev–Trinajstić information content (AvgIpc) is 3.22. The minimum Gasteiger partial charge on any atom is -0.457 e. The zero-order valence-electron chi connectivity index (χ0n) is 14.1. The van der Waals surface area contributed by atoms with Gasteiger partial charge in [-0.05, 0) is 55.5 Å². The van der Waals surface area contributed by atoms with Crippen LogP contribution in [0.15, 0.2) is 42.5 Å². The highest BCUT2D eigenvalue weighted by molar-refractivity contribution is 5.45. The van der Waals surface area contributed by atoms with Crippen LogP contribution in [0.1, 0.15) is 38.2 Å². The fourth-order valence-electron chi connectivity index (χ4n) is 5.36. The molecule has 1 spiro atoms. The van der Waals surface area contributed by atoms with Gasteiger partial charge in [0.25, 0.3) is 0 Å². The summed E-state index contributed by atoms with van der Waals surface area (Å²) < 4.78 is 39.6. The largest absolute Gasteiger partial charge is 0.457 e. The van der Waals surface area contributed by atoms with E-state index in [0.29, 0.717) is 11.5 Å². The van der Waals surface area contributed by atoms with Crippen LogP contribution < -0.4 is 4.74 Å². The molecule has 3 aliphatic rings. The fraction of sp³-hybridized carbons (Fsp3) is 0.429. The predicted molar refractivity (Wildman–Crippen MR) is 89.5 cm³/mol. The zero-order chi connectivity index (χ0) is 17.3. The lowest BCUT2D eigenvalue weighted by atomic mass is 9.60. The highest BCUT2D eigenvalue weighted by Gasteiger charge is 2.84. The Morgan fingerprint density at radius 1 is 1.04 bits per heavy atom. The van der Waals surface area contributed by atoms with Crippen LogP contribution in [0.4, 0.5) is 8.78 Å². The van der Waals surface area contributed by atoms with Crippen LogP contribution in [-0.4, -0.2) is 6.61 Å². The third kappa shape index (κ3) is 1.86. The molecule has 1 aliphatic heterocycles. The lowest BCUT2D eigenvalue weighted by Crippen LogP contribution is -2.46. The first-order valence-electron chi connectivity index (χ1n) is 8.91. The van der Waals surface area contributed by atoms with E-state index in [1.807, 2.05) is 6.07 Å². The molecule has 0 N–H and O–H groups in total. The fourth-order valence-corrected chi connectivity index (χ4v) is 5.36. The Morgan fingerprint density at radius 2 is 1.88 bits per heavy atom. The van der Waals surface area contributed by atoms with Gasteiger partial charge in [0, 0.05) is 23.0 Å². The van der Waals surface area contributed by atoms with Crippen molar-refractivity contribution < 1.29 is 18.3 Å². The van der Waals surface area contributed by atoms with E-state index in [0.717, 1.165) is 31.4 Å². The Morgan fingerprint density at radius 3 is 2.56 bits per heavy atom. The van der Waals surface area contributed by atoms with Gasteiger partial charge in [-0.2, -0.15) is 0 Å². The van der Waals surface area contributed by atoms with Gasteiger partial charge in [0.1, 0.15) is 23.1 Å². The van der Waals surface area contributed by atoms with Gasteiger partial charge in [0.2, 0.25) is 0 Å². The summed E-state index contributed by atoms with van der Waals surface area (Å²) in [4.78, 5) is 0. The van der Waals surface area contributed by atoms with E-state index < -0.39 is 0 Å². The van der Waals surface area contributed by atoms with E-state index in [1.54, 1.807) is 18.2 Å². The van der Waals surface area contributed by atoms with E-state index >= 15 is 0 Å². The Labute approximate surface area is 145 Å². The molecule has 0 bridgehead atoms. The summed E-state index contributed by atoms with van der Waals surface area (Å²) in [6.07, 6.45) is 4.36. The summed E-state index contributed by atoms with van der Waals surface area (Å²) in [5.41, 5.74) is 0.948. The molecule has 3 fully saturated rings. The molecule has 0 aromatic heterocycles. The van der Waals surface area contributed by atoms with Crippen molar-refractivity contribution in [1.82, 2.24) is 0 Å². The Bertz CT molecular complexity index is 863. The number of hydrogen-bond acceptors (Lipinski definition) is 2. The topological polar surface area (TPSA) is 18.5 Å². The van der Waals surface area contributed by atoms with Gasteiger partial charge in [-0.25, -0.2) is 8.78 Å². The Balaban J connectivity index is 1.51. The van der Waals surface area contributed by atoms with Crippen LogP contribution >= 0.6 is 0 Å². The lowest BCUT2D eigenvalue weighted by Gasteiger charge is -2.48. The van der Waals surface area contributed by atoms with Gasteiger partial charge in [-0.3, -0.25) is 0 Å². The number of benzene rings is 2. The highest BCUT2D eigenvalue weighted by atomic mass is 19.1. The van der Waals surface area contributed by atoms with Crippen molar-refractivity contribution >= 4 is 0 Å². The van der Waals surface area contributed by atoms with Crippen LogP contribution in [0, 0.1) is 22.5 Å². The van der Waals surface area contributed by atoms with Crippen molar-refractivity contribution in [3.63, 3.8) is 0 Å². The maximum atomic E-state index is 14.3. The smallest absolute Gasteiger partial charge is 0.130 e. The molecule has 1 heterocycles. The predicted octanol–water partition coefficient (Wildman–Crippen LogP) is 5.56. The number of rotatable bonds is 4. The minimum atomic E-state index is -0.379. The van der Waals surface area contributed by atoms with Crippen LogP contribution in [0.3, 0.4) is 0 Å². The van der Waals surface area contributed by atoms with E-state index in [2.05, 4.69) is 6.92 Å². The molecule has 5 rings (SSSR count). The SMILES string of the molecule is CCC12COC3(c4cc(F)cc(Oc5cccc(F)c5)c4)CCC13C2. The summed E-state index contributed by atoms with van der Waals surface area (Å²) in [7, 11) is 0. The van der Waals surface area contributed by atoms with E-state index in [9.17, 15) is 8.78 Å². The standard InChI is InChI=1S/C21H20F2O2/c1-2-19-12-20(19)6-7-21(20,24-13-19)14-8-16(23)11-18(9-14)25-17-5-3-4-15(22)10-17/h3-5,8-11H,2,6-7,12-13H2,1H3. The molecule has 25 heavy (non-hydrogen) atoms. The first-order chi connectivity index (χ1) is 12.0. The van der Waals surface area contributed by atoms with Crippen LogP contribution in [0.25, 0.3) is 0 Å². The van der Waals surface area contributed by atoms with Gasteiger partial charge in [0.15, 0.2) is 0 Å². The second kappa shape index (κ2) is 4.82. The van der Waals surface area contributed by atoms with Gasteiger partial charge in [-0.15, -0.1) is 0 Å². The molecule has 0 radical (unpaired) electrons. The van der Waals surface area contributed by atoms with E-state index in [-0.39, 0.29) is 28.1 Å². The lowest BCUT2D eigenvalue weighted by molar-refractivity contribution is -0.125. The highest BCUT2D eigenvalue weighted by Crippen LogP contribution is 2.86. The summed E-state index contributed by atoms with van der Waals surface area (Å²) in [6, 6.07) is 10.7. The summed E-state index contributed by atoms with van der Waals surface area (Å²) in [5, 5.41) is 0. The molecule has 130 valence electrons. The maximum Gasteiger partial charge on any atom is 0.130 e. The first-order valence-corrected chi connectivity index (χ1v) is 8.91. The van der Waals surface area contributed by atoms with Crippen molar-refractivity contribution in [2.45, 2.75) is 38.2 Å². The van der Waals surface area contributed by atoms with Crippen molar-refractivity contribution in [3.05, 3.63) is 59.7 Å². The van der Waals surface area contributed by atoms with Crippen LogP contribution in [0.5, 0.6) is 11.5 Å².